The summed E-state index contributed by atoms with van der Waals surface area (Å²) in [6.45, 7) is 0. The summed E-state index contributed by atoms with van der Waals surface area (Å²) in [6, 6.07) is 14.6. The molecule has 0 saturated carbocycles. The quantitative estimate of drug-likeness (QED) is 0.835. The summed E-state index contributed by atoms with van der Waals surface area (Å²) >= 11 is 0. The maximum atomic E-state index is 12.4. The Kier molecular flexibility index (Phi) is 3.98. The van der Waals surface area contributed by atoms with Crippen LogP contribution in [0.15, 0.2) is 54.6 Å². The summed E-state index contributed by atoms with van der Waals surface area (Å²) in [5.74, 6) is -0.314. The van der Waals surface area contributed by atoms with Crippen molar-refractivity contribution in [3.63, 3.8) is 0 Å². The van der Waals surface area contributed by atoms with E-state index in [9.17, 15) is 18.0 Å². The van der Waals surface area contributed by atoms with E-state index in [0.29, 0.717) is 18.4 Å². The van der Waals surface area contributed by atoms with Gasteiger partial charge in [0.05, 0.1) is 6.04 Å². The lowest BCUT2D eigenvalue weighted by Gasteiger charge is -2.25. The Morgan fingerprint density at radius 3 is 2.48 bits per heavy atom. The van der Waals surface area contributed by atoms with Gasteiger partial charge in [0.15, 0.2) is 0 Å². The number of alkyl halides is 3. The van der Waals surface area contributed by atoms with Crippen LogP contribution in [-0.2, 0) is 4.79 Å². The van der Waals surface area contributed by atoms with Gasteiger partial charge in [-0.3, -0.25) is 4.79 Å². The molecule has 0 aromatic heterocycles. The maximum Gasteiger partial charge on any atom is 0.573 e. The summed E-state index contributed by atoms with van der Waals surface area (Å²) in [6.07, 6.45) is -3.81. The van der Waals surface area contributed by atoms with Crippen molar-refractivity contribution in [2.24, 2.45) is 0 Å². The molecule has 0 spiro atoms. The van der Waals surface area contributed by atoms with Crippen molar-refractivity contribution in [2.45, 2.75) is 25.2 Å². The summed E-state index contributed by atoms with van der Waals surface area (Å²) in [7, 11) is 0. The fourth-order valence-electron chi connectivity index (χ4n) is 2.83. The Morgan fingerprint density at radius 2 is 1.78 bits per heavy atom. The van der Waals surface area contributed by atoms with E-state index in [4.69, 9.17) is 0 Å². The fraction of sp³-hybridized carbons (Fsp3) is 0.235. The van der Waals surface area contributed by atoms with Gasteiger partial charge in [-0.25, -0.2) is 0 Å². The molecule has 3 nitrogen and oxygen atoms in total. The lowest BCUT2D eigenvalue weighted by molar-refractivity contribution is -0.274. The largest absolute Gasteiger partial charge is 0.573 e. The number of anilines is 1. The van der Waals surface area contributed by atoms with Gasteiger partial charge in [-0.2, -0.15) is 0 Å². The smallest absolute Gasteiger partial charge is 0.406 e. The molecule has 2 aromatic rings. The Hall–Kier alpha value is -2.50. The molecule has 1 atom stereocenters. The molecule has 23 heavy (non-hydrogen) atoms. The number of nitrogens with zero attached hydrogens (tertiary/aromatic N) is 1. The van der Waals surface area contributed by atoms with Crippen molar-refractivity contribution in [3.8, 4) is 5.75 Å². The molecule has 1 aliphatic heterocycles. The molecule has 2 aromatic carbocycles. The first-order valence-electron chi connectivity index (χ1n) is 7.17. The molecule has 1 amide bonds. The fourth-order valence-corrected chi connectivity index (χ4v) is 2.83. The number of benzene rings is 2. The highest BCUT2D eigenvalue weighted by Crippen LogP contribution is 2.38. The van der Waals surface area contributed by atoms with Crippen molar-refractivity contribution < 1.29 is 22.7 Å². The number of carbonyl (C=O) groups excluding carboxylic acids is 1. The molecule has 1 aliphatic rings. The van der Waals surface area contributed by atoms with Crippen LogP contribution in [-0.4, -0.2) is 12.3 Å². The Bertz CT molecular complexity index is 700. The number of rotatable bonds is 3. The summed E-state index contributed by atoms with van der Waals surface area (Å²) in [5, 5.41) is 0. The average Bonchev–Trinajstić information content (AvgIpc) is 2.88. The normalized spacial score (nSPS) is 18.3. The number of halogens is 3. The Morgan fingerprint density at radius 1 is 1.04 bits per heavy atom. The van der Waals surface area contributed by atoms with Crippen LogP contribution in [0.1, 0.15) is 24.4 Å². The summed E-state index contributed by atoms with van der Waals surface area (Å²) < 4.78 is 41.1. The lowest BCUT2D eigenvalue weighted by Crippen LogP contribution is -2.27. The molecule has 6 heteroatoms. The van der Waals surface area contributed by atoms with Gasteiger partial charge in [0.2, 0.25) is 5.91 Å². The van der Waals surface area contributed by atoms with E-state index in [-0.39, 0.29) is 17.7 Å². The number of hydrogen-bond acceptors (Lipinski definition) is 2. The first-order valence-corrected chi connectivity index (χ1v) is 7.17. The van der Waals surface area contributed by atoms with Crippen LogP contribution < -0.4 is 9.64 Å². The molecule has 3 rings (SSSR count). The zero-order valence-electron chi connectivity index (χ0n) is 12.1. The van der Waals surface area contributed by atoms with Gasteiger partial charge >= 0.3 is 6.36 Å². The molecule has 0 N–H and O–H groups in total. The van der Waals surface area contributed by atoms with Gasteiger partial charge in [-0.1, -0.05) is 30.3 Å². The first-order chi connectivity index (χ1) is 10.9. The van der Waals surface area contributed by atoms with E-state index < -0.39 is 6.36 Å². The van der Waals surface area contributed by atoms with Crippen molar-refractivity contribution in [1.29, 1.82) is 0 Å². The number of carbonyl (C=O) groups is 1. The first kappa shape index (κ1) is 15.4. The molecule has 0 bridgehead atoms. The van der Waals surface area contributed by atoms with Crippen LogP contribution in [0.4, 0.5) is 18.9 Å². The van der Waals surface area contributed by atoms with Gasteiger partial charge in [-0.15, -0.1) is 13.2 Å². The Labute approximate surface area is 131 Å². The number of hydrogen-bond donors (Lipinski definition) is 0. The Balaban J connectivity index is 1.91. The second-order valence-electron chi connectivity index (χ2n) is 5.27. The van der Waals surface area contributed by atoms with E-state index in [1.165, 1.54) is 18.2 Å². The summed E-state index contributed by atoms with van der Waals surface area (Å²) in [4.78, 5) is 13.8. The molecule has 1 unspecified atom stereocenters. The molecule has 1 fully saturated rings. The van der Waals surface area contributed by atoms with E-state index >= 15 is 0 Å². The van der Waals surface area contributed by atoms with Gasteiger partial charge in [0.25, 0.3) is 0 Å². The minimum absolute atomic E-state index is 0.0386. The average molecular weight is 321 g/mol. The summed E-state index contributed by atoms with van der Waals surface area (Å²) in [5.41, 5.74) is 1.36. The van der Waals surface area contributed by atoms with Crippen LogP contribution in [0.25, 0.3) is 0 Å². The van der Waals surface area contributed by atoms with Crippen molar-refractivity contribution in [3.05, 3.63) is 60.2 Å². The SMILES string of the molecule is O=C1CCC(c2cccc(OC(F)(F)F)c2)N1c1ccccc1. The van der Waals surface area contributed by atoms with Crippen molar-refractivity contribution >= 4 is 11.6 Å². The second-order valence-corrected chi connectivity index (χ2v) is 5.27. The van der Waals surface area contributed by atoms with Gasteiger partial charge < -0.3 is 9.64 Å². The molecule has 120 valence electrons. The van der Waals surface area contributed by atoms with Gasteiger partial charge in [0, 0.05) is 12.1 Å². The molecule has 1 saturated heterocycles. The highest BCUT2D eigenvalue weighted by Gasteiger charge is 2.34. The third-order valence-corrected chi connectivity index (χ3v) is 3.72. The number of amides is 1. The minimum atomic E-state index is -4.73. The standard InChI is InChI=1S/C17H14F3NO2/c18-17(19,20)23-14-8-4-5-12(11-14)15-9-10-16(22)21(15)13-6-2-1-3-7-13/h1-8,11,15H,9-10H2. The maximum absolute atomic E-state index is 12.4. The lowest BCUT2D eigenvalue weighted by atomic mass is 10.0. The van der Waals surface area contributed by atoms with Crippen LogP contribution in [0.2, 0.25) is 0 Å². The van der Waals surface area contributed by atoms with E-state index in [0.717, 1.165) is 5.69 Å². The van der Waals surface area contributed by atoms with Gasteiger partial charge in [-0.05, 0) is 36.2 Å². The molecule has 0 aliphatic carbocycles. The molecular formula is C17H14F3NO2. The van der Waals surface area contributed by atoms with Gasteiger partial charge in [0.1, 0.15) is 5.75 Å². The minimum Gasteiger partial charge on any atom is -0.406 e. The van der Waals surface area contributed by atoms with Crippen LogP contribution >= 0.6 is 0 Å². The predicted octanol–water partition coefficient (Wildman–Crippen LogP) is 4.45. The predicted molar refractivity (Wildman–Crippen MR) is 79.0 cm³/mol. The third-order valence-electron chi connectivity index (χ3n) is 3.72. The zero-order chi connectivity index (χ0) is 16.4. The van der Waals surface area contributed by atoms with E-state index in [1.54, 1.807) is 11.0 Å². The molecule has 1 heterocycles. The molecular weight excluding hydrogens is 307 g/mol. The monoisotopic (exact) mass is 321 g/mol. The number of para-hydroxylation sites is 1. The highest BCUT2D eigenvalue weighted by molar-refractivity contribution is 5.96. The molecule has 0 radical (unpaired) electrons. The number of ether oxygens (including phenoxy) is 1. The van der Waals surface area contributed by atoms with E-state index in [1.807, 2.05) is 30.3 Å². The van der Waals surface area contributed by atoms with E-state index in [2.05, 4.69) is 4.74 Å². The van der Waals surface area contributed by atoms with Crippen LogP contribution in [0.3, 0.4) is 0 Å². The topological polar surface area (TPSA) is 29.5 Å². The van der Waals surface area contributed by atoms with Crippen LogP contribution in [0.5, 0.6) is 5.75 Å². The zero-order valence-corrected chi connectivity index (χ0v) is 12.1. The second kappa shape index (κ2) is 5.95. The van der Waals surface area contributed by atoms with Crippen LogP contribution in [0, 0.1) is 0 Å². The van der Waals surface area contributed by atoms with Crippen molar-refractivity contribution in [2.75, 3.05) is 4.90 Å². The highest BCUT2D eigenvalue weighted by atomic mass is 19.4. The van der Waals surface area contributed by atoms with Crippen molar-refractivity contribution in [1.82, 2.24) is 0 Å². The third kappa shape index (κ3) is 3.47.